The highest BCUT2D eigenvalue weighted by Gasteiger charge is 2.38. The van der Waals surface area contributed by atoms with Gasteiger partial charge in [0.1, 0.15) is 5.00 Å². The number of benzene rings is 1. The van der Waals surface area contributed by atoms with Crippen LogP contribution in [-0.4, -0.2) is 32.1 Å². The van der Waals surface area contributed by atoms with Crippen molar-refractivity contribution in [3.8, 4) is 0 Å². The Balaban J connectivity index is 1.80. The number of ether oxygens (including phenoxy) is 2. The standard InChI is InChI=1S/C20H21NO5S/c1-25-19(23)13-9-10-14-16(13)17(20(24)26-2)18(27-14)21-15(22)11-8-12-6-4-3-5-7-12/h3-7,13H,8-11H2,1-2H3,(H,21,22)/t13-/m0/s1. The number of aryl methyl sites for hydroxylation is 2. The number of methoxy groups -OCH3 is 2. The predicted molar refractivity (Wildman–Crippen MR) is 102 cm³/mol. The molecular formula is C20H21NO5S. The number of rotatable bonds is 6. The molecule has 6 nitrogen and oxygen atoms in total. The average Bonchev–Trinajstić information content (AvgIpc) is 3.24. The van der Waals surface area contributed by atoms with E-state index in [-0.39, 0.29) is 17.4 Å². The van der Waals surface area contributed by atoms with Gasteiger partial charge in [0.15, 0.2) is 0 Å². The van der Waals surface area contributed by atoms with Crippen LogP contribution in [0.3, 0.4) is 0 Å². The topological polar surface area (TPSA) is 81.7 Å². The summed E-state index contributed by atoms with van der Waals surface area (Å²) in [4.78, 5) is 37.7. The van der Waals surface area contributed by atoms with Gasteiger partial charge < -0.3 is 14.8 Å². The number of fused-ring (bicyclic) bond motifs is 1. The number of carbonyl (C=O) groups excluding carboxylic acids is 3. The van der Waals surface area contributed by atoms with Crippen molar-refractivity contribution in [2.45, 2.75) is 31.6 Å². The van der Waals surface area contributed by atoms with E-state index in [1.54, 1.807) is 0 Å². The molecule has 1 heterocycles. The molecule has 0 unspecified atom stereocenters. The smallest absolute Gasteiger partial charge is 0.341 e. The third-order valence-electron chi connectivity index (χ3n) is 4.64. The zero-order chi connectivity index (χ0) is 19.4. The molecule has 0 bridgehead atoms. The van der Waals surface area contributed by atoms with Crippen molar-refractivity contribution >= 4 is 34.2 Å². The summed E-state index contributed by atoms with van der Waals surface area (Å²) in [5, 5.41) is 3.27. The fourth-order valence-corrected chi connectivity index (χ4v) is 4.61. The van der Waals surface area contributed by atoms with E-state index in [9.17, 15) is 14.4 Å². The van der Waals surface area contributed by atoms with E-state index in [1.165, 1.54) is 25.6 Å². The van der Waals surface area contributed by atoms with Crippen molar-refractivity contribution in [1.29, 1.82) is 0 Å². The van der Waals surface area contributed by atoms with E-state index >= 15 is 0 Å². The molecular weight excluding hydrogens is 366 g/mol. The van der Waals surface area contributed by atoms with Gasteiger partial charge in [0.2, 0.25) is 5.91 Å². The van der Waals surface area contributed by atoms with Gasteiger partial charge in [0, 0.05) is 11.3 Å². The number of thiophene rings is 1. The number of nitrogens with one attached hydrogen (secondary N) is 1. The van der Waals surface area contributed by atoms with Crippen molar-refractivity contribution in [2.75, 3.05) is 19.5 Å². The summed E-state index contributed by atoms with van der Waals surface area (Å²) in [6, 6.07) is 9.72. The summed E-state index contributed by atoms with van der Waals surface area (Å²) in [6.45, 7) is 0. The molecule has 0 saturated heterocycles. The SMILES string of the molecule is COC(=O)c1c(NC(=O)CCc2ccccc2)sc2c1[C@@H](C(=O)OC)CC2. The summed E-state index contributed by atoms with van der Waals surface area (Å²) in [5.41, 5.74) is 1.98. The minimum atomic E-state index is -0.554. The summed E-state index contributed by atoms with van der Waals surface area (Å²) >= 11 is 1.33. The van der Waals surface area contributed by atoms with E-state index in [4.69, 9.17) is 9.47 Å². The highest BCUT2D eigenvalue weighted by Crippen LogP contribution is 2.45. The molecule has 0 aliphatic heterocycles. The van der Waals surface area contributed by atoms with Crippen LogP contribution in [0, 0.1) is 0 Å². The van der Waals surface area contributed by atoms with E-state index in [2.05, 4.69) is 5.32 Å². The van der Waals surface area contributed by atoms with Crippen LogP contribution in [-0.2, 0) is 31.9 Å². The molecule has 1 aromatic carbocycles. The first-order valence-electron chi connectivity index (χ1n) is 8.70. The third kappa shape index (κ3) is 4.03. The lowest BCUT2D eigenvalue weighted by Gasteiger charge is -2.11. The van der Waals surface area contributed by atoms with Gasteiger partial charge in [-0.25, -0.2) is 4.79 Å². The molecule has 0 fully saturated rings. The zero-order valence-corrected chi connectivity index (χ0v) is 16.1. The fourth-order valence-electron chi connectivity index (χ4n) is 3.33. The lowest BCUT2D eigenvalue weighted by Crippen LogP contribution is -2.17. The van der Waals surface area contributed by atoms with Gasteiger partial charge in [-0.1, -0.05) is 30.3 Å². The number of hydrogen-bond acceptors (Lipinski definition) is 6. The van der Waals surface area contributed by atoms with Gasteiger partial charge in [-0.15, -0.1) is 11.3 Å². The van der Waals surface area contributed by atoms with Crippen molar-refractivity contribution in [3.05, 3.63) is 51.9 Å². The summed E-state index contributed by atoms with van der Waals surface area (Å²) in [6.07, 6.45) is 2.17. The molecule has 0 radical (unpaired) electrons. The van der Waals surface area contributed by atoms with Crippen LogP contribution in [0.1, 0.15) is 45.1 Å². The van der Waals surface area contributed by atoms with Crippen molar-refractivity contribution in [1.82, 2.24) is 0 Å². The lowest BCUT2D eigenvalue weighted by atomic mass is 9.99. The quantitative estimate of drug-likeness (QED) is 0.769. The number of carbonyl (C=O) groups is 3. The van der Waals surface area contributed by atoms with Crippen LogP contribution in [0.25, 0.3) is 0 Å². The Morgan fingerprint density at radius 1 is 1.15 bits per heavy atom. The Hall–Kier alpha value is -2.67. The number of hydrogen-bond donors (Lipinski definition) is 1. The lowest BCUT2D eigenvalue weighted by molar-refractivity contribution is -0.142. The van der Waals surface area contributed by atoms with Crippen LogP contribution < -0.4 is 5.32 Å². The molecule has 27 heavy (non-hydrogen) atoms. The zero-order valence-electron chi connectivity index (χ0n) is 15.2. The number of esters is 2. The Morgan fingerprint density at radius 2 is 1.89 bits per heavy atom. The Labute approximate surface area is 161 Å². The fraction of sp³-hybridized carbons (Fsp3) is 0.350. The maximum absolute atomic E-state index is 12.4. The summed E-state index contributed by atoms with van der Waals surface area (Å²) in [5.74, 6) is -1.61. The summed E-state index contributed by atoms with van der Waals surface area (Å²) in [7, 11) is 2.62. The molecule has 0 saturated carbocycles. The third-order valence-corrected chi connectivity index (χ3v) is 5.82. The second-order valence-electron chi connectivity index (χ2n) is 6.28. The average molecular weight is 387 g/mol. The molecule has 1 N–H and O–H groups in total. The monoisotopic (exact) mass is 387 g/mol. The first kappa shape index (κ1) is 19.1. The molecule has 0 spiro atoms. The Bertz CT molecular complexity index is 859. The van der Waals surface area contributed by atoms with E-state index in [1.807, 2.05) is 30.3 Å². The van der Waals surface area contributed by atoms with E-state index < -0.39 is 11.9 Å². The predicted octanol–water partition coefficient (Wildman–Crippen LogP) is 3.31. The van der Waals surface area contributed by atoms with Crippen LogP contribution >= 0.6 is 11.3 Å². The second kappa shape index (κ2) is 8.35. The van der Waals surface area contributed by atoms with Gasteiger partial charge in [0.05, 0.1) is 25.7 Å². The second-order valence-corrected chi connectivity index (χ2v) is 7.39. The largest absolute Gasteiger partial charge is 0.469 e. The van der Waals surface area contributed by atoms with Crippen LogP contribution in [0.15, 0.2) is 30.3 Å². The molecule has 2 aromatic rings. The molecule has 1 aliphatic carbocycles. The van der Waals surface area contributed by atoms with Gasteiger partial charge in [0.25, 0.3) is 0 Å². The van der Waals surface area contributed by atoms with Gasteiger partial charge in [-0.05, 0) is 30.4 Å². The van der Waals surface area contributed by atoms with Crippen molar-refractivity contribution in [3.63, 3.8) is 0 Å². The van der Waals surface area contributed by atoms with Gasteiger partial charge in [-0.3, -0.25) is 9.59 Å². The Morgan fingerprint density at radius 3 is 2.56 bits per heavy atom. The normalized spacial score (nSPS) is 15.1. The minimum Gasteiger partial charge on any atom is -0.469 e. The Kier molecular flexibility index (Phi) is 5.91. The minimum absolute atomic E-state index is 0.182. The van der Waals surface area contributed by atoms with Crippen LogP contribution in [0.2, 0.25) is 0 Å². The first-order valence-corrected chi connectivity index (χ1v) is 9.52. The molecule has 142 valence electrons. The number of anilines is 1. The molecule has 3 rings (SSSR count). The van der Waals surface area contributed by atoms with Crippen LogP contribution in [0.4, 0.5) is 5.00 Å². The van der Waals surface area contributed by atoms with Crippen molar-refractivity contribution < 1.29 is 23.9 Å². The summed E-state index contributed by atoms with van der Waals surface area (Å²) < 4.78 is 9.76. The van der Waals surface area contributed by atoms with E-state index in [0.717, 1.165) is 10.4 Å². The van der Waals surface area contributed by atoms with Gasteiger partial charge in [-0.2, -0.15) is 0 Å². The highest BCUT2D eigenvalue weighted by molar-refractivity contribution is 7.17. The van der Waals surface area contributed by atoms with Crippen molar-refractivity contribution in [2.24, 2.45) is 0 Å². The van der Waals surface area contributed by atoms with E-state index in [0.29, 0.717) is 36.2 Å². The molecule has 1 aromatic heterocycles. The van der Waals surface area contributed by atoms with Gasteiger partial charge >= 0.3 is 11.9 Å². The molecule has 1 aliphatic rings. The maximum Gasteiger partial charge on any atom is 0.341 e. The molecule has 1 amide bonds. The molecule has 7 heteroatoms. The van der Waals surface area contributed by atoms with Crippen LogP contribution in [0.5, 0.6) is 0 Å². The number of amides is 1. The maximum atomic E-state index is 12.4. The molecule has 1 atom stereocenters. The first-order chi connectivity index (χ1) is 13.0. The highest BCUT2D eigenvalue weighted by atomic mass is 32.1.